The van der Waals surface area contributed by atoms with Crippen LogP contribution in [0.4, 0.5) is 4.39 Å². The molecule has 2 aromatic carbocycles. The number of rotatable bonds is 3. The van der Waals surface area contributed by atoms with Gasteiger partial charge < -0.3 is 4.74 Å². The van der Waals surface area contributed by atoms with Crippen molar-refractivity contribution in [2.24, 2.45) is 0 Å². The van der Waals surface area contributed by atoms with Crippen molar-refractivity contribution in [3.8, 4) is 5.75 Å². The molecule has 1 heterocycles. The van der Waals surface area contributed by atoms with Crippen molar-refractivity contribution in [1.82, 2.24) is 0 Å². The number of aryl methyl sites for hydroxylation is 1. The molecule has 0 saturated heterocycles. The molecular weight excluding hydrogens is 291 g/mol. The highest BCUT2D eigenvalue weighted by Crippen LogP contribution is 2.34. The molecule has 0 spiro atoms. The fraction of sp³-hybridized carbons (Fsp3) is 0.125. The number of benzene rings is 2. The molecule has 0 unspecified atom stereocenters. The van der Waals surface area contributed by atoms with Gasteiger partial charge in [0.15, 0.2) is 0 Å². The van der Waals surface area contributed by atoms with E-state index in [4.69, 9.17) is 4.74 Å². The summed E-state index contributed by atoms with van der Waals surface area (Å²) < 4.78 is 42.7. The zero-order valence-electron chi connectivity index (χ0n) is 11.3. The van der Waals surface area contributed by atoms with Gasteiger partial charge in [-0.25, -0.2) is 12.8 Å². The third-order valence-electron chi connectivity index (χ3n) is 3.28. The zero-order valence-corrected chi connectivity index (χ0v) is 12.2. The first-order valence-electron chi connectivity index (χ1n) is 6.41. The predicted molar refractivity (Wildman–Crippen MR) is 78.2 cm³/mol. The number of hydrogen-bond acceptors (Lipinski definition) is 3. The molecular formula is C16H13FO3S. The standard InChI is InChI=1S/C16H13FO3S/c1-11-5-6-16-15(7-11)12(10-21(16,18)19)9-20-14-4-2-3-13(17)8-14/h2-8,10H,9H2,1H3. The Kier molecular flexibility index (Phi) is 3.29. The van der Waals surface area contributed by atoms with Gasteiger partial charge in [0.2, 0.25) is 9.84 Å². The second-order valence-electron chi connectivity index (χ2n) is 4.93. The molecule has 0 bridgehead atoms. The van der Waals surface area contributed by atoms with Crippen molar-refractivity contribution >= 4 is 15.4 Å². The summed E-state index contributed by atoms with van der Waals surface area (Å²) in [6, 6.07) is 11.0. The fourth-order valence-corrected chi connectivity index (χ4v) is 3.74. The van der Waals surface area contributed by atoms with Crippen LogP contribution in [-0.2, 0) is 9.84 Å². The Balaban J connectivity index is 1.89. The molecule has 108 valence electrons. The highest BCUT2D eigenvalue weighted by Gasteiger charge is 2.27. The topological polar surface area (TPSA) is 43.4 Å². The minimum absolute atomic E-state index is 0.0825. The lowest BCUT2D eigenvalue weighted by Crippen LogP contribution is -2.00. The maximum Gasteiger partial charge on any atom is 0.200 e. The molecule has 0 saturated carbocycles. The Hall–Kier alpha value is -2.14. The van der Waals surface area contributed by atoms with Crippen LogP contribution in [0.25, 0.3) is 5.57 Å². The number of fused-ring (bicyclic) bond motifs is 1. The summed E-state index contributed by atoms with van der Waals surface area (Å²) in [5.41, 5.74) is 2.21. The second-order valence-corrected chi connectivity index (χ2v) is 6.70. The van der Waals surface area contributed by atoms with Gasteiger partial charge >= 0.3 is 0 Å². The van der Waals surface area contributed by atoms with Crippen LogP contribution in [0.1, 0.15) is 11.1 Å². The second kappa shape index (κ2) is 5.00. The van der Waals surface area contributed by atoms with E-state index in [1.165, 1.54) is 17.5 Å². The van der Waals surface area contributed by atoms with Crippen molar-refractivity contribution in [3.05, 3.63) is 64.8 Å². The molecule has 0 aromatic heterocycles. The quantitative estimate of drug-likeness (QED) is 0.873. The SMILES string of the molecule is Cc1ccc2c(c1)C(COc1cccc(F)c1)=CS2(=O)=O. The smallest absolute Gasteiger partial charge is 0.200 e. The lowest BCUT2D eigenvalue weighted by Gasteiger charge is -2.08. The summed E-state index contributed by atoms with van der Waals surface area (Å²) in [5, 5.41) is 1.22. The zero-order chi connectivity index (χ0) is 15.0. The highest BCUT2D eigenvalue weighted by atomic mass is 32.2. The van der Waals surface area contributed by atoms with Crippen LogP contribution in [0.2, 0.25) is 0 Å². The normalized spacial score (nSPS) is 15.4. The van der Waals surface area contributed by atoms with Gasteiger partial charge in [-0.05, 0) is 25.1 Å². The minimum Gasteiger partial charge on any atom is -0.489 e. The number of hydrogen-bond donors (Lipinski definition) is 0. The van der Waals surface area contributed by atoms with Crippen molar-refractivity contribution in [1.29, 1.82) is 0 Å². The van der Waals surface area contributed by atoms with E-state index in [1.54, 1.807) is 24.3 Å². The van der Waals surface area contributed by atoms with Gasteiger partial charge in [-0.3, -0.25) is 0 Å². The number of ether oxygens (including phenoxy) is 1. The average Bonchev–Trinajstić information content (AvgIpc) is 2.67. The predicted octanol–water partition coefficient (Wildman–Crippen LogP) is 3.34. The molecule has 5 heteroatoms. The first-order chi connectivity index (χ1) is 9.95. The van der Waals surface area contributed by atoms with Gasteiger partial charge in [0, 0.05) is 22.6 Å². The third-order valence-corrected chi connectivity index (χ3v) is 4.84. The molecule has 3 nitrogen and oxygen atoms in total. The van der Waals surface area contributed by atoms with E-state index in [0.717, 1.165) is 5.56 Å². The number of sulfone groups is 1. The molecule has 2 aromatic rings. The van der Waals surface area contributed by atoms with Gasteiger partial charge in [0.05, 0.1) is 4.90 Å². The van der Waals surface area contributed by atoms with Crippen LogP contribution in [0.15, 0.2) is 52.8 Å². The summed E-state index contributed by atoms with van der Waals surface area (Å²) in [5.74, 6) is -0.0221. The summed E-state index contributed by atoms with van der Waals surface area (Å²) >= 11 is 0. The molecule has 21 heavy (non-hydrogen) atoms. The number of halogens is 1. The lowest BCUT2D eigenvalue weighted by atomic mass is 10.1. The van der Waals surface area contributed by atoms with E-state index in [-0.39, 0.29) is 6.61 Å². The molecule has 1 aliphatic rings. The van der Waals surface area contributed by atoms with Gasteiger partial charge in [0.25, 0.3) is 0 Å². The summed E-state index contributed by atoms with van der Waals surface area (Å²) in [6.45, 7) is 1.98. The Morgan fingerprint density at radius 3 is 2.71 bits per heavy atom. The summed E-state index contributed by atoms with van der Waals surface area (Å²) in [6.07, 6.45) is 0. The van der Waals surface area contributed by atoms with E-state index in [0.29, 0.717) is 21.8 Å². The molecule has 0 radical (unpaired) electrons. The van der Waals surface area contributed by atoms with E-state index in [2.05, 4.69) is 0 Å². The van der Waals surface area contributed by atoms with Crippen LogP contribution in [0, 0.1) is 12.7 Å². The van der Waals surface area contributed by atoms with Crippen molar-refractivity contribution < 1.29 is 17.5 Å². The molecule has 1 aliphatic heterocycles. The summed E-state index contributed by atoms with van der Waals surface area (Å²) in [7, 11) is -3.40. The van der Waals surface area contributed by atoms with Crippen molar-refractivity contribution in [3.63, 3.8) is 0 Å². The molecule has 0 atom stereocenters. The first-order valence-corrected chi connectivity index (χ1v) is 7.95. The minimum atomic E-state index is -3.40. The van der Waals surface area contributed by atoms with E-state index < -0.39 is 15.7 Å². The van der Waals surface area contributed by atoms with Crippen LogP contribution in [-0.4, -0.2) is 15.0 Å². The molecule has 0 N–H and O–H groups in total. The van der Waals surface area contributed by atoms with Gasteiger partial charge in [0.1, 0.15) is 18.2 Å². The van der Waals surface area contributed by atoms with Gasteiger partial charge in [-0.15, -0.1) is 0 Å². The molecule has 0 amide bonds. The first kappa shape index (κ1) is 13.8. The van der Waals surface area contributed by atoms with Crippen LogP contribution in [0.5, 0.6) is 5.75 Å². The van der Waals surface area contributed by atoms with Crippen molar-refractivity contribution in [2.75, 3.05) is 6.61 Å². The fourth-order valence-electron chi connectivity index (χ4n) is 2.29. The largest absolute Gasteiger partial charge is 0.489 e. The highest BCUT2D eigenvalue weighted by molar-refractivity contribution is 7.95. The van der Waals surface area contributed by atoms with Gasteiger partial charge in [-0.2, -0.15) is 0 Å². The Morgan fingerprint density at radius 1 is 1.14 bits per heavy atom. The van der Waals surface area contributed by atoms with Gasteiger partial charge in [-0.1, -0.05) is 23.8 Å². The van der Waals surface area contributed by atoms with Crippen molar-refractivity contribution in [2.45, 2.75) is 11.8 Å². The average molecular weight is 304 g/mol. The molecule has 3 rings (SSSR count). The van der Waals surface area contributed by atoms with E-state index in [1.807, 2.05) is 13.0 Å². The molecule has 0 aliphatic carbocycles. The lowest BCUT2D eigenvalue weighted by molar-refractivity contribution is 0.367. The van der Waals surface area contributed by atoms with E-state index in [9.17, 15) is 12.8 Å². The van der Waals surface area contributed by atoms with Crippen LogP contribution in [0.3, 0.4) is 0 Å². The maximum atomic E-state index is 13.1. The summed E-state index contributed by atoms with van der Waals surface area (Å²) in [4.78, 5) is 0.297. The van der Waals surface area contributed by atoms with E-state index >= 15 is 0 Å². The van der Waals surface area contributed by atoms with Crippen LogP contribution >= 0.6 is 0 Å². The Bertz CT molecular complexity index is 838. The van der Waals surface area contributed by atoms with Crippen LogP contribution < -0.4 is 4.74 Å². The Morgan fingerprint density at radius 2 is 1.95 bits per heavy atom. The Labute approximate surface area is 122 Å². The molecule has 0 fully saturated rings. The third kappa shape index (κ3) is 2.69. The maximum absolute atomic E-state index is 13.1. The monoisotopic (exact) mass is 304 g/mol.